The zero-order chi connectivity index (χ0) is 12.0. The summed E-state index contributed by atoms with van der Waals surface area (Å²) in [4.78, 5) is 14.6. The van der Waals surface area contributed by atoms with Gasteiger partial charge in [-0.3, -0.25) is 4.79 Å². The quantitative estimate of drug-likeness (QED) is 0.342. The topological polar surface area (TPSA) is 53.5 Å². The lowest BCUT2D eigenvalue weighted by molar-refractivity contribution is -0.122. The van der Waals surface area contributed by atoms with Crippen LogP contribution < -0.4 is 0 Å². The number of nitrogens with zero attached hydrogens (tertiary/aromatic N) is 2. The summed E-state index contributed by atoms with van der Waals surface area (Å²) in [6, 6.07) is 0. The number of ketones is 1. The minimum Gasteiger partial charge on any atom is -0.361 e. The maximum Gasteiger partial charge on any atom is 0.324 e. The molecule has 0 N–H and O–H groups in total. The zero-order valence-electron chi connectivity index (χ0n) is 9.81. The molecule has 92 valence electrons. The molecule has 4 saturated carbocycles. The van der Waals surface area contributed by atoms with Crippen molar-refractivity contribution in [1.29, 1.82) is 0 Å². The molecular formula is C13H17BrN2O. The van der Waals surface area contributed by atoms with Crippen molar-refractivity contribution in [2.75, 3.05) is 0 Å². The van der Waals surface area contributed by atoms with Crippen molar-refractivity contribution >= 4 is 27.9 Å². The van der Waals surface area contributed by atoms with Gasteiger partial charge in [-0.1, -0.05) is 15.9 Å². The van der Waals surface area contributed by atoms with E-state index in [1.165, 1.54) is 38.5 Å². The number of carbonyl (C=O) groups is 1. The Balaban J connectivity index is 1.86. The number of alkyl halides is 1. The van der Waals surface area contributed by atoms with Crippen LogP contribution in [-0.4, -0.2) is 21.6 Å². The van der Waals surface area contributed by atoms with Crippen LogP contribution in [0.15, 0.2) is 0 Å². The first-order valence-electron chi connectivity index (χ1n) is 6.48. The van der Waals surface area contributed by atoms with Gasteiger partial charge in [0.1, 0.15) is 0 Å². The summed E-state index contributed by atoms with van der Waals surface area (Å²) >= 11 is 3.58. The number of Topliss-reactive ketones (excluding diaryl/α,β-unsaturated/α-hetero) is 1. The summed E-state index contributed by atoms with van der Waals surface area (Å²) in [6.45, 7) is 0. The van der Waals surface area contributed by atoms with Gasteiger partial charge < -0.3 is 5.53 Å². The molecule has 3 nitrogen and oxygen atoms in total. The van der Waals surface area contributed by atoms with Crippen LogP contribution in [0.5, 0.6) is 0 Å². The predicted octanol–water partition coefficient (Wildman–Crippen LogP) is 2.84. The molecule has 0 spiro atoms. The molecule has 1 unspecified atom stereocenters. The van der Waals surface area contributed by atoms with Crippen LogP contribution in [0.4, 0.5) is 0 Å². The van der Waals surface area contributed by atoms with Gasteiger partial charge in [0.15, 0.2) is 0 Å². The molecule has 0 aromatic rings. The maximum atomic E-state index is 11.9. The van der Waals surface area contributed by atoms with Crippen molar-refractivity contribution in [2.45, 2.75) is 43.4 Å². The summed E-state index contributed by atoms with van der Waals surface area (Å²) in [5, 5.41) is 0. The third kappa shape index (κ3) is 1.82. The number of halogens is 1. The normalized spacial score (nSPS) is 44.2. The molecule has 4 fully saturated rings. The van der Waals surface area contributed by atoms with E-state index in [1.54, 1.807) is 0 Å². The number of rotatable bonds is 3. The van der Waals surface area contributed by atoms with Crippen molar-refractivity contribution in [2.24, 2.45) is 23.2 Å². The maximum absolute atomic E-state index is 11.9. The minimum atomic E-state index is -0.153. The van der Waals surface area contributed by atoms with E-state index < -0.39 is 0 Å². The Morgan fingerprint density at radius 2 is 1.71 bits per heavy atom. The molecule has 1 atom stereocenters. The van der Waals surface area contributed by atoms with Crippen LogP contribution in [0.3, 0.4) is 0 Å². The molecule has 0 heterocycles. The molecule has 0 amide bonds. The van der Waals surface area contributed by atoms with E-state index in [9.17, 15) is 4.79 Å². The number of hydrogen-bond acceptors (Lipinski definition) is 1. The van der Waals surface area contributed by atoms with Gasteiger partial charge in [-0.05, 0) is 61.7 Å². The monoisotopic (exact) mass is 296 g/mol. The molecule has 0 aromatic carbocycles. The predicted molar refractivity (Wildman–Crippen MR) is 68.0 cm³/mol. The molecule has 0 saturated heterocycles. The van der Waals surface area contributed by atoms with Crippen LogP contribution in [0.25, 0.3) is 5.53 Å². The van der Waals surface area contributed by atoms with E-state index in [0.717, 1.165) is 24.0 Å². The molecular weight excluding hydrogens is 280 g/mol. The van der Waals surface area contributed by atoms with Gasteiger partial charge in [-0.25, -0.2) is 0 Å². The second-order valence-corrected chi connectivity index (χ2v) is 7.21. The standard InChI is InChI=1S/C13H17BrN2O/c14-12(11(17)7-16-15)13-4-8-1-9(5-13)3-10(2-8)6-13/h7-10,12H,1-6H2. The molecule has 4 bridgehead atoms. The van der Waals surface area contributed by atoms with E-state index >= 15 is 0 Å². The first-order chi connectivity index (χ1) is 8.13. The summed E-state index contributed by atoms with van der Waals surface area (Å²) in [7, 11) is 0. The Morgan fingerprint density at radius 1 is 1.24 bits per heavy atom. The highest BCUT2D eigenvalue weighted by molar-refractivity contribution is 9.10. The molecule has 4 heteroatoms. The minimum absolute atomic E-state index is 0.0746. The fourth-order valence-electron chi connectivity index (χ4n) is 4.91. The molecule has 0 aliphatic heterocycles. The Kier molecular flexibility index (Phi) is 2.75. The van der Waals surface area contributed by atoms with Gasteiger partial charge in [0.2, 0.25) is 5.78 Å². The van der Waals surface area contributed by atoms with Crippen LogP contribution in [0, 0.1) is 23.2 Å². The molecule has 0 aromatic heterocycles. The third-order valence-corrected chi connectivity index (χ3v) is 6.48. The van der Waals surface area contributed by atoms with Crippen LogP contribution in [0.2, 0.25) is 0 Å². The van der Waals surface area contributed by atoms with Crippen LogP contribution in [-0.2, 0) is 4.79 Å². The Morgan fingerprint density at radius 3 is 2.12 bits per heavy atom. The van der Waals surface area contributed by atoms with Crippen LogP contribution in [0.1, 0.15) is 38.5 Å². The van der Waals surface area contributed by atoms with Crippen molar-refractivity contribution in [3.63, 3.8) is 0 Å². The molecule has 4 aliphatic carbocycles. The van der Waals surface area contributed by atoms with Crippen molar-refractivity contribution in [3.8, 4) is 0 Å². The highest BCUT2D eigenvalue weighted by Gasteiger charge is 2.55. The van der Waals surface area contributed by atoms with E-state index in [2.05, 4.69) is 20.7 Å². The fourth-order valence-corrected chi connectivity index (χ4v) is 5.59. The van der Waals surface area contributed by atoms with Crippen molar-refractivity contribution in [3.05, 3.63) is 5.53 Å². The van der Waals surface area contributed by atoms with E-state index in [4.69, 9.17) is 5.53 Å². The van der Waals surface area contributed by atoms with Gasteiger partial charge in [-0.2, -0.15) is 4.79 Å². The van der Waals surface area contributed by atoms with Crippen LogP contribution >= 0.6 is 15.9 Å². The summed E-state index contributed by atoms with van der Waals surface area (Å²) in [6.07, 6.45) is 8.72. The Bertz CT molecular complexity index is 365. The molecule has 0 radical (unpaired) electrons. The second-order valence-electron chi connectivity index (χ2n) is 6.29. The van der Waals surface area contributed by atoms with Crippen molar-refractivity contribution < 1.29 is 9.58 Å². The van der Waals surface area contributed by atoms with Crippen molar-refractivity contribution in [1.82, 2.24) is 0 Å². The Labute approximate surface area is 110 Å². The first-order valence-corrected chi connectivity index (χ1v) is 7.40. The highest BCUT2D eigenvalue weighted by Crippen LogP contribution is 2.62. The first kappa shape index (κ1) is 11.6. The summed E-state index contributed by atoms with van der Waals surface area (Å²) in [5.41, 5.74) is 8.64. The van der Waals surface area contributed by atoms with Gasteiger partial charge in [0.25, 0.3) is 0 Å². The van der Waals surface area contributed by atoms with Gasteiger partial charge in [0.05, 0.1) is 4.83 Å². The smallest absolute Gasteiger partial charge is 0.324 e. The molecule has 4 rings (SSSR count). The largest absolute Gasteiger partial charge is 0.361 e. The van der Waals surface area contributed by atoms with E-state index in [-0.39, 0.29) is 16.0 Å². The SMILES string of the molecule is [N-]=[N+]=CC(=O)C(Br)C12CC3CC(CC(C3)C1)C2. The second kappa shape index (κ2) is 4.03. The summed E-state index contributed by atoms with van der Waals surface area (Å²) in [5.74, 6) is 2.43. The number of hydrogen-bond donors (Lipinski definition) is 0. The lowest BCUT2D eigenvalue weighted by atomic mass is 9.48. The lowest BCUT2D eigenvalue weighted by Gasteiger charge is -2.58. The average Bonchev–Trinajstić information content (AvgIpc) is 2.26. The average molecular weight is 297 g/mol. The fraction of sp³-hybridized carbons (Fsp3) is 0.846. The Hall–Kier alpha value is -0.470. The molecule has 4 aliphatic rings. The van der Waals surface area contributed by atoms with Gasteiger partial charge in [0, 0.05) is 0 Å². The lowest BCUT2D eigenvalue weighted by Crippen LogP contribution is -2.52. The summed E-state index contributed by atoms with van der Waals surface area (Å²) < 4.78 is 0. The van der Waals surface area contributed by atoms with E-state index in [1.807, 2.05) is 0 Å². The highest BCUT2D eigenvalue weighted by atomic mass is 79.9. The molecule has 17 heavy (non-hydrogen) atoms. The van der Waals surface area contributed by atoms with E-state index in [0.29, 0.717) is 0 Å². The number of carbonyl (C=O) groups excluding carboxylic acids is 1. The third-order valence-electron chi connectivity index (χ3n) is 5.06. The van der Waals surface area contributed by atoms with Gasteiger partial charge >= 0.3 is 6.21 Å². The van der Waals surface area contributed by atoms with Gasteiger partial charge in [-0.15, -0.1) is 0 Å². The zero-order valence-corrected chi connectivity index (χ0v) is 11.4.